The lowest BCUT2D eigenvalue weighted by molar-refractivity contribution is -0.120. The first-order valence-electron chi connectivity index (χ1n) is 9.00. The highest BCUT2D eigenvalue weighted by Crippen LogP contribution is 2.33. The maximum atomic E-state index is 12.7. The molecule has 1 aromatic heterocycles. The number of para-hydroxylation sites is 1. The van der Waals surface area contributed by atoms with Gasteiger partial charge in [-0.3, -0.25) is 9.59 Å². The molecule has 0 saturated carbocycles. The van der Waals surface area contributed by atoms with Crippen LogP contribution in [0.25, 0.3) is 10.9 Å². The predicted molar refractivity (Wildman–Crippen MR) is 112 cm³/mol. The van der Waals surface area contributed by atoms with E-state index in [1.165, 1.54) is 16.7 Å². The number of anilines is 1. The summed E-state index contributed by atoms with van der Waals surface area (Å²) in [6.45, 7) is 4.13. The zero-order valence-corrected chi connectivity index (χ0v) is 16.8. The Bertz CT molecular complexity index is 1110. The molecule has 0 bridgehead atoms. The van der Waals surface area contributed by atoms with Gasteiger partial charge in [0.1, 0.15) is 5.75 Å². The van der Waals surface area contributed by atoms with E-state index in [1.807, 2.05) is 25.1 Å². The number of thioether (sulfide) groups is 1. The van der Waals surface area contributed by atoms with Crippen LogP contribution in [0, 0.1) is 13.8 Å². The lowest BCUT2D eigenvalue weighted by atomic mass is 10.1. The molecule has 0 saturated heterocycles. The van der Waals surface area contributed by atoms with Crippen molar-refractivity contribution >= 4 is 40.0 Å². The summed E-state index contributed by atoms with van der Waals surface area (Å²) in [6, 6.07) is 13.4. The number of benzene rings is 2. The number of likely N-dealkylation sites (N-methyl/N-ethyl adjacent to an activating group) is 1. The molecule has 0 radical (unpaired) electrons. The van der Waals surface area contributed by atoms with Gasteiger partial charge in [0.05, 0.1) is 22.0 Å². The van der Waals surface area contributed by atoms with Crippen LogP contribution in [0.15, 0.2) is 47.5 Å². The van der Waals surface area contributed by atoms with E-state index in [1.54, 1.807) is 25.2 Å². The number of amides is 1. The number of nitrogens with zero attached hydrogens (tertiary/aromatic N) is 2. The van der Waals surface area contributed by atoms with E-state index in [0.717, 1.165) is 27.1 Å². The molecule has 6 heteroatoms. The minimum atomic E-state index is -0.127. The van der Waals surface area contributed by atoms with Crippen molar-refractivity contribution in [1.82, 2.24) is 4.98 Å². The first kappa shape index (κ1) is 18.5. The molecule has 2 aromatic carbocycles. The molecule has 3 aromatic rings. The van der Waals surface area contributed by atoms with E-state index in [2.05, 4.69) is 13.0 Å². The largest absolute Gasteiger partial charge is 0.482 e. The fraction of sp³-hybridized carbons (Fsp3) is 0.227. The van der Waals surface area contributed by atoms with Gasteiger partial charge in [-0.2, -0.15) is 0 Å². The van der Waals surface area contributed by atoms with Gasteiger partial charge in [0.2, 0.25) is 0 Å². The second kappa shape index (κ2) is 7.28. The zero-order valence-electron chi connectivity index (χ0n) is 16.0. The maximum absolute atomic E-state index is 12.7. The predicted octanol–water partition coefficient (Wildman–Crippen LogP) is 4.18. The Morgan fingerprint density at radius 1 is 1.18 bits per heavy atom. The molecule has 0 fully saturated rings. The number of carbonyl (C=O) groups is 2. The minimum absolute atomic E-state index is 0.0106. The number of aryl methyl sites for hydroxylation is 2. The number of hydrogen-bond donors (Lipinski definition) is 0. The summed E-state index contributed by atoms with van der Waals surface area (Å²) in [5.74, 6) is 0.760. The van der Waals surface area contributed by atoms with Crippen molar-refractivity contribution in [2.24, 2.45) is 0 Å². The molecule has 28 heavy (non-hydrogen) atoms. The monoisotopic (exact) mass is 392 g/mol. The van der Waals surface area contributed by atoms with Crippen LogP contribution in [0.2, 0.25) is 0 Å². The average Bonchev–Trinajstić information content (AvgIpc) is 2.69. The number of ketones is 1. The van der Waals surface area contributed by atoms with Gasteiger partial charge in [0.25, 0.3) is 5.91 Å². The molecule has 0 spiro atoms. The van der Waals surface area contributed by atoms with Crippen LogP contribution in [0.3, 0.4) is 0 Å². The molecular formula is C22H20N2O3S. The third-order valence-electron chi connectivity index (χ3n) is 4.94. The third kappa shape index (κ3) is 3.36. The highest BCUT2D eigenvalue weighted by atomic mass is 32.2. The van der Waals surface area contributed by atoms with Crippen molar-refractivity contribution in [3.63, 3.8) is 0 Å². The molecule has 0 aliphatic carbocycles. The summed E-state index contributed by atoms with van der Waals surface area (Å²) in [5.41, 5.74) is 4.43. The van der Waals surface area contributed by atoms with Crippen molar-refractivity contribution in [2.45, 2.75) is 18.9 Å². The standard InChI is InChI=1S/C22H20N2O3S/c1-13-5-4-6-16-14(2)9-20(23-22(13)16)28-12-18(25)15-7-8-19-17(10-15)24(3)21(26)11-27-19/h4-10H,11-12H2,1-3H3. The topological polar surface area (TPSA) is 59.5 Å². The fourth-order valence-corrected chi connectivity index (χ4v) is 4.14. The van der Waals surface area contributed by atoms with Gasteiger partial charge in [-0.1, -0.05) is 30.0 Å². The molecule has 5 nitrogen and oxygen atoms in total. The molecule has 142 valence electrons. The van der Waals surface area contributed by atoms with Gasteiger partial charge >= 0.3 is 0 Å². The molecule has 4 rings (SSSR count). The second-order valence-corrected chi connectivity index (χ2v) is 7.88. The van der Waals surface area contributed by atoms with Crippen LogP contribution in [0.5, 0.6) is 5.75 Å². The van der Waals surface area contributed by atoms with E-state index >= 15 is 0 Å². The highest BCUT2D eigenvalue weighted by Gasteiger charge is 2.23. The number of ether oxygens (including phenoxy) is 1. The Balaban J connectivity index is 1.55. The van der Waals surface area contributed by atoms with Gasteiger partial charge < -0.3 is 9.64 Å². The fourth-order valence-electron chi connectivity index (χ4n) is 3.27. The van der Waals surface area contributed by atoms with E-state index < -0.39 is 0 Å². The molecule has 1 aliphatic rings. The zero-order chi connectivity index (χ0) is 19.8. The first-order chi connectivity index (χ1) is 13.4. The number of aromatic nitrogens is 1. The highest BCUT2D eigenvalue weighted by molar-refractivity contribution is 7.99. The molecular weight excluding hydrogens is 372 g/mol. The summed E-state index contributed by atoms with van der Waals surface area (Å²) in [4.78, 5) is 30.8. The lowest BCUT2D eigenvalue weighted by Gasteiger charge is -2.26. The third-order valence-corrected chi connectivity index (χ3v) is 5.85. The first-order valence-corrected chi connectivity index (χ1v) is 9.99. The molecule has 0 N–H and O–H groups in total. The van der Waals surface area contributed by atoms with Gasteiger partial charge in [0, 0.05) is 18.0 Å². The molecule has 0 unspecified atom stereocenters. The smallest absolute Gasteiger partial charge is 0.264 e. The van der Waals surface area contributed by atoms with Crippen molar-refractivity contribution in [3.8, 4) is 5.75 Å². The number of fused-ring (bicyclic) bond motifs is 2. The van der Waals surface area contributed by atoms with Crippen LogP contribution >= 0.6 is 11.8 Å². The van der Waals surface area contributed by atoms with Crippen LogP contribution in [0.1, 0.15) is 21.5 Å². The van der Waals surface area contributed by atoms with Crippen LogP contribution in [-0.2, 0) is 4.79 Å². The summed E-state index contributed by atoms with van der Waals surface area (Å²) in [6.07, 6.45) is 0. The van der Waals surface area contributed by atoms with E-state index in [0.29, 0.717) is 17.0 Å². The lowest BCUT2D eigenvalue weighted by Crippen LogP contribution is -2.35. The quantitative estimate of drug-likeness (QED) is 0.492. The van der Waals surface area contributed by atoms with Gasteiger partial charge in [-0.15, -0.1) is 0 Å². The van der Waals surface area contributed by atoms with E-state index in [-0.39, 0.29) is 24.1 Å². The van der Waals surface area contributed by atoms with Crippen LogP contribution in [-0.4, -0.2) is 36.1 Å². The Morgan fingerprint density at radius 2 is 2.00 bits per heavy atom. The molecule has 0 atom stereocenters. The number of carbonyl (C=O) groups excluding carboxylic acids is 2. The maximum Gasteiger partial charge on any atom is 0.264 e. The Labute approximate surface area is 167 Å². The van der Waals surface area contributed by atoms with E-state index in [9.17, 15) is 9.59 Å². The summed E-state index contributed by atoms with van der Waals surface area (Å²) in [5, 5.41) is 1.97. The summed E-state index contributed by atoms with van der Waals surface area (Å²) < 4.78 is 5.42. The summed E-state index contributed by atoms with van der Waals surface area (Å²) in [7, 11) is 1.69. The molecule has 1 amide bonds. The van der Waals surface area contributed by atoms with Crippen LogP contribution < -0.4 is 9.64 Å². The second-order valence-electron chi connectivity index (χ2n) is 6.88. The normalized spacial score (nSPS) is 13.4. The minimum Gasteiger partial charge on any atom is -0.482 e. The number of rotatable bonds is 4. The Morgan fingerprint density at radius 3 is 2.82 bits per heavy atom. The Hall–Kier alpha value is -2.86. The molecule has 2 heterocycles. The number of pyridine rings is 1. The Kier molecular flexibility index (Phi) is 4.81. The van der Waals surface area contributed by atoms with Crippen molar-refractivity contribution in [3.05, 3.63) is 59.2 Å². The summed E-state index contributed by atoms with van der Waals surface area (Å²) >= 11 is 1.43. The van der Waals surface area contributed by atoms with Gasteiger partial charge in [-0.25, -0.2) is 4.98 Å². The van der Waals surface area contributed by atoms with Gasteiger partial charge in [0.15, 0.2) is 12.4 Å². The van der Waals surface area contributed by atoms with Gasteiger partial charge in [-0.05, 0) is 49.2 Å². The van der Waals surface area contributed by atoms with Crippen molar-refractivity contribution < 1.29 is 14.3 Å². The van der Waals surface area contributed by atoms with Crippen molar-refractivity contribution in [1.29, 1.82) is 0 Å². The average molecular weight is 392 g/mol. The van der Waals surface area contributed by atoms with Crippen molar-refractivity contribution in [2.75, 3.05) is 24.3 Å². The van der Waals surface area contributed by atoms with Crippen LogP contribution in [0.4, 0.5) is 5.69 Å². The molecule has 1 aliphatic heterocycles. The number of Topliss-reactive ketones (excluding diaryl/α,β-unsaturated/α-hetero) is 1. The SMILES string of the molecule is Cc1cc(SCC(=O)c2ccc3c(c2)N(C)C(=O)CO3)nc2c(C)cccc12. The number of hydrogen-bond acceptors (Lipinski definition) is 5. The van der Waals surface area contributed by atoms with E-state index in [4.69, 9.17) is 9.72 Å².